The van der Waals surface area contributed by atoms with E-state index in [2.05, 4.69) is 33.8 Å². The van der Waals surface area contributed by atoms with Gasteiger partial charge in [0.25, 0.3) is 0 Å². The predicted molar refractivity (Wildman–Crippen MR) is 135 cm³/mol. The second-order valence-corrected chi connectivity index (χ2v) is 9.50. The number of piperidine rings is 1. The first-order valence-electron chi connectivity index (χ1n) is 12.6. The van der Waals surface area contributed by atoms with Crippen molar-refractivity contribution in [3.05, 3.63) is 95.9 Å². The van der Waals surface area contributed by atoms with E-state index in [1.165, 1.54) is 0 Å². The maximum atomic E-state index is 13.9. The molecule has 35 heavy (non-hydrogen) atoms. The zero-order valence-corrected chi connectivity index (χ0v) is 19.8. The van der Waals surface area contributed by atoms with Gasteiger partial charge in [-0.05, 0) is 48.9 Å². The van der Waals surface area contributed by atoms with E-state index in [1.807, 2.05) is 59.6 Å². The van der Waals surface area contributed by atoms with Crippen LogP contribution in [0.5, 0.6) is 0 Å². The first kappa shape index (κ1) is 22.0. The summed E-state index contributed by atoms with van der Waals surface area (Å²) >= 11 is 0. The normalized spacial score (nSPS) is 19.0. The lowest BCUT2D eigenvalue weighted by Gasteiger charge is -2.36. The van der Waals surface area contributed by atoms with Crippen LogP contribution in [0.15, 0.2) is 79.0 Å². The van der Waals surface area contributed by atoms with Crippen LogP contribution in [0.1, 0.15) is 60.7 Å². The fourth-order valence-corrected chi connectivity index (χ4v) is 5.61. The third-order valence-electron chi connectivity index (χ3n) is 7.35. The Kier molecular flexibility index (Phi) is 6.05. The summed E-state index contributed by atoms with van der Waals surface area (Å²) in [6.07, 6.45) is 5.69. The minimum atomic E-state index is -0.285. The number of aromatic nitrogens is 3. The van der Waals surface area contributed by atoms with Crippen molar-refractivity contribution in [2.45, 2.75) is 43.7 Å². The first-order valence-corrected chi connectivity index (χ1v) is 12.6. The summed E-state index contributed by atoms with van der Waals surface area (Å²) in [6.45, 7) is 2.23. The molecule has 2 aliphatic rings. The minimum Gasteiger partial charge on any atom is -0.370 e. The number of amides is 1. The van der Waals surface area contributed by atoms with Gasteiger partial charge in [-0.2, -0.15) is 0 Å². The van der Waals surface area contributed by atoms with Gasteiger partial charge in [-0.1, -0.05) is 60.7 Å². The molecule has 178 valence electrons. The van der Waals surface area contributed by atoms with Crippen LogP contribution in [-0.2, 0) is 9.53 Å². The average molecular weight is 467 g/mol. The van der Waals surface area contributed by atoms with Gasteiger partial charge in [0.15, 0.2) is 5.65 Å². The highest BCUT2D eigenvalue weighted by Gasteiger charge is 2.34. The summed E-state index contributed by atoms with van der Waals surface area (Å²) in [7, 11) is 0. The van der Waals surface area contributed by atoms with Crippen LogP contribution in [0.2, 0.25) is 0 Å². The van der Waals surface area contributed by atoms with Crippen LogP contribution in [0.3, 0.4) is 0 Å². The van der Waals surface area contributed by atoms with E-state index in [0.29, 0.717) is 0 Å². The van der Waals surface area contributed by atoms with Gasteiger partial charge < -0.3 is 14.2 Å². The molecule has 1 atom stereocenters. The second kappa shape index (κ2) is 9.62. The molecule has 6 rings (SSSR count). The van der Waals surface area contributed by atoms with Crippen molar-refractivity contribution in [2.75, 3.05) is 19.7 Å². The molecule has 0 spiro atoms. The number of hydrogen-bond acceptors (Lipinski definition) is 4. The van der Waals surface area contributed by atoms with Gasteiger partial charge in [0.05, 0.1) is 5.92 Å². The van der Waals surface area contributed by atoms with E-state index >= 15 is 0 Å². The Labute approximate surface area is 205 Å². The lowest BCUT2D eigenvalue weighted by Crippen LogP contribution is -2.42. The monoisotopic (exact) mass is 466 g/mol. The molecule has 0 saturated carbocycles. The lowest BCUT2D eigenvalue weighted by molar-refractivity contribution is -0.133. The number of benzene rings is 2. The molecule has 4 aromatic rings. The maximum absolute atomic E-state index is 13.9. The van der Waals surface area contributed by atoms with Crippen LogP contribution < -0.4 is 0 Å². The Hall–Kier alpha value is -3.51. The van der Waals surface area contributed by atoms with E-state index in [0.717, 1.165) is 73.5 Å². The van der Waals surface area contributed by atoms with E-state index < -0.39 is 0 Å². The maximum Gasteiger partial charge on any atom is 0.234 e. The second-order valence-electron chi connectivity index (χ2n) is 9.50. The highest BCUT2D eigenvalue weighted by atomic mass is 16.5. The standard InChI is InChI=1S/C29H30N4O2/c34-29(26(21-9-3-1-4-10-21)22-11-5-2-6-12-22)32-18-15-23(16-19-32)33-27-24(13-7-17-30-27)31-28(33)25-14-8-20-35-25/h1-7,9-13,17,23,25-26H,8,14-16,18-20H2/t25-/m1/s1. The molecule has 2 aromatic heterocycles. The Morgan fingerprint density at radius 1 is 0.886 bits per heavy atom. The van der Waals surface area contributed by atoms with Crippen LogP contribution >= 0.6 is 0 Å². The van der Waals surface area contributed by atoms with Crippen molar-refractivity contribution in [1.29, 1.82) is 0 Å². The summed E-state index contributed by atoms with van der Waals surface area (Å²) in [5, 5.41) is 0. The predicted octanol–water partition coefficient (Wildman–Crippen LogP) is 5.28. The summed E-state index contributed by atoms with van der Waals surface area (Å²) < 4.78 is 8.32. The summed E-state index contributed by atoms with van der Waals surface area (Å²) in [4.78, 5) is 25.5. The van der Waals surface area contributed by atoms with Crippen molar-refractivity contribution < 1.29 is 9.53 Å². The number of fused-ring (bicyclic) bond motifs is 1. The third kappa shape index (κ3) is 4.23. The van der Waals surface area contributed by atoms with Crippen LogP contribution in [0, 0.1) is 0 Å². The minimum absolute atomic E-state index is 0.0319. The molecule has 0 aliphatic carbocycles. The van der Waals surface area contributed by atoms with Crippen LogP contribution in [-0.4, -0.2) is 45.0 Å². The molecule has 0 unspecified atom stereocenters. The molecule has 1 amide bonds. The highest BCUT2D eigenvalue weighted by molar-refractivity contribution is 5.87. The topological polar surface area (TPSA) is 60.2 Å². The number of carbonyl (C=O) groups is 1. The number of nitrogens with zero attached hydrogens (tertiary/aromatic N) is 4. The number of pyridine rings is 1. The van der Waals surface area contributed by atoms with Crippen LogP contribution in [0.25, 0.3) is 11.2 Å². The van der Waals surface area contributed by atoms with Crippen molar-refractivity contribution in [3.8, 4) is 0 Å². The van der Waals surface area contributed by atoms with Gasteiger partial charge in [-0.15, -0.1) is 0 Å². The first-order chi connectivity index (χ1) is 17.3. The fourth-order valence-electron chi connectivity index (χ4n) is 5.61. The van der Waals surface area contributed by atoms with Gasteiger partial charge in [0.2, 0.25) is 5.91 Å². The Morgan fingerprint density at radius 2 is 1.57 bits per heavy atom. The van der Waals surface area contributed by atoms with Gasteiger partial charge in [-0.25, -0.2) is 9.97 Å². The Bertz CT molecular complexity index is 1250. The molecule has 2 aliphatic heterocycles. The number of imidazole rings is 1. The fraction of sp³-hybridized carbons (Fsp3) is 0.345. The number of hydrogen-bond donors (Lipinski definition) is 0. The summed E-state index contributed by atoms with van der Waals surface area (Å²) in [5.74, 6) is 0.883. The molecular formula is C29H30N4O2. The van der Waals surface area contributed by atoms with E-state index in [-0.39, 0.29) is 24.0 Å². The molecule has 4 heterocycles. The van der Waals surface area contributed by atoms with Crippen molar-refractivity contribution >= 4 is 17.1 Å². The average Bonchev–Trinajstić information content (AvgIpc) is 3.58. The SMILES string of the molecule is O=C(C(c1ccccc1)c1ccccc1)N1CCC(n2c([C@H]3CCCO3)nc3cccnc32)CC1. The molecule has 0 radical (unpaired) electrons. The highest BCUT2D eigenvalue weighted by Crippen LogP contribution is 2.36. The van der Waals surface area contributed by atoms with Crippen molar-refractivity contribution in [3.63, 3.8) is 0 Å². The molecule has 0 bridgehead atoms. The van der Waals surface area contributed by atoms with Crippen molar-refractivity contribution in [2.24, 2.45) is 0 Å². The molecule has 2 fully saturated rings. The number of rotatable bonds is 5. The molecule has 6 nitrogen and oxygen atoms in total. The molecule has 2 saturated heterocycles. The molecular weight excluding hydrogens is 436 g/mol. The Morgan fingerprint density at radius 3 is 2.20 bits per heavy atom. The van der Waals surface area contributed by atoms with Crippen molar-refractivity contribution in [1.82, 2.24) is 19.4 Å². The smallest absolute Gasteiger partial charge is 0.234 e. The number of ether oxygens (including phenoxy) is 1. The molecule has 2 aromatic carbocycles. The van der Waals surface area contributed by atoms with E-state index in [1.54, 1.807) is 0 Å². The van der Waals surface area contributed by atoms with E-state index in [9.17, 15) is 4.79 Å². The lowest BCUT2D eigenvalue weighted by atomic mass is 9.89. The zero-order chi connectivity index (χ0) is 23.6. The van der Waals surface area contributed by atoms with Gasteiger partial charge in [0.1, 0.15) is 17.4 Å². The Balaban J connectivity index is 1.26. The summed E-state index contributed by atoms with van der Waals surface area (Å²) in [6, 6.07) is 24.5. The van der Waals surface area contributed by atoms with E-state index in [4.69, 9.17) is 9.72 Å². The van der Waals surface area contributed by atoms with Gasteiger partial charge in [-0.3, -0.25) is 4.79 Å². The molecule has 0 N–H and O–H groups in total. The zero-order valence-electron chi connectivity index (χ0n) is 19.8. The largest absolute Gasteiger partial charge is 0.370 e. The third-order valence-corrected chi connectivity index (χ3v) is 7.35. The van der Waals surface area contributed by atoms with Crippen LogP contribution in [0.4, 0.5) is 0 Å². The summed E-state index contributed by atoms with van der Waals surface area (Å²) in [5.41, 5.74) is 3.92. The molecule has 6 heteroatoms. The van der Waals surface area contributed by atoms with Gasteiger partial charge >= 0.3 is 0 Å². The number of likely N-dealkylation sites (tertiary alicyclic amines) is 1. The number of carbonyl (C=O) groups excluding carboxylic acids is 1. The quantitative estimate of drug-likeness (QED) is 0.402. The van der Waals surface area contributed by atoms with Gasteiger partial charge in [0, 0.05) is 31.9 Å².